The molecular weight excluding hydrogens is 504 g/mol. The molecule has 0 amide bonds. The molecule has 0 unspecified atom stereocenters. The van der Waals surface area contributed by atoms with E-state index in [1.54, 1.807) is 0 Å². The van der Waals surface area contributed by atoms with Crippen LogP contribution < -0.4 is 0 Å². The number of hydrogen-bond donors (Lipinski definition) is 6. The number of ether oxygens (including phenoxy) is 2. The van der Waals surface area contributed by atoms with E-state index < -0.39 is 43.3 Å². The first-order valence-electron chi connectivity index (χ1n) is 15.3. The van der Waals surface area contributed by atoms with E-state index in [1.807, 2.05) is 0 Å². The van der Waals surface area contributed by atoms with Gasteiger partial charge in [0.05, 0.1) is 18.8 Å². The first kappa shape index (κ1) is 29.7. The lowest BCUT2D eigenvalue weighted by Crippen LogP contribution is -2.63. The van der Waals surface area contributed by atoms with E-state index in [4.69, 9.17) is 9.47 Å². The number of fused-ring (bicyclic) bond motifs is 5. The predicted octanol–water partition coefficient (Wildman–Crippen LogP) is 2.30. The van der Waals surface area contributed by atoms with Crippen LogP contribution in [0.1, 0.15) is 85.0 Å². The molecule has 5 fully saturated rings. The van der Waals surface area contributed by atoms with Crippen molar-refractivity contribution >= 4 is 5.97 Å². The van der Waals surface area contributed by atoms with E-state index >= 15 is 0 Å². The van der Waals surface area contributed by atoms with Crippen LogP contribution in [0, 0.1) is 46.3 Å². The third kappa shape index (κ3) is 5.08. The summed E-state index contributed by atoms with van der Waals surface area (Å²) in [5.41, 5.74) is 0.154. The lowest BCUT2D eigenvalue weighted by atomic mass is 9.43. The number of aliphatic hydroxyl groups excluding tert-OH is 5. The van der Waals surface area contributed by atoms with Crippen molar-refractivity contribution in [3.05, 3.63) is 0 Å². The third-order valence-electron chi connectivity index (χ3n) is 12.4. The van der Waals surface area contributed by atoms with Gasteiger partial charge in [0.2, 0.25) is 0 Å². The zero-order valence-electron chi connectivity index (χ0n) is 23.7. The Bertz CT molecular complexity index is 882. The molecule has 4 saturated carbocycles. The quantitative estimate of drug-likeness (QED) is 0.260. The van der Waals surface area contributed by atoms with Gasteiger partial charge in [-0.3, -0.25) is 4.79 Å². The van der Waals surface area contributed by atoms with Gasteiger partial charge in [0, 0.05) is 6.42 Å². The van der Waals surface area contributed by atoms with Gasteiger partial charge in [-0.25, -0.2) is 0 Å². The Morgan fingerprint density at radius 2 is 1.64 bits per heavy atom. The van der Waals surface area contributed by atoms with Crippen LogP contribution in [0.5, 0.6) is 0 Å². The van der Waals surface area contributed by atoms with Crippen LogP contribution in [0.15, 0.2) is 0 Å². The van der Waals surface area contributed by atoms with Gasteiger partial charge in [-0.2, -0.15) is 0 Å². The van der Waals surface area contributed by atoms with Crippen molar-refractivity contribution in [3.8, 4) is 0 Å². The maximum absolute atomic E-state index is 11.3. The molecule has 0 spiro atoms. The van der Waals surface area contributed by atoms with Crippen LogP contribution in [0.3, 0.4) is 0 Å². The number of rotatable bonds is 7. The second-order valence-corrected chi connectivity index (χ2v) is 14.2. The highest BCUT2D eigenvalue weighted by Gasteiger charge is 2.64. The molecular formula is C30H50O9. The van der Waals surface area contributed by atoms with Gasteiger partial charge in [-0.15, -0.1) is 0 Å². The zero-order chi connectivity index (χ0) is 28.3. The Balaban J connectivity index is 1.44. The lowest BCUT2D eigenvalue weighted by Gasteiger charge is -2.63. The molecule has 1 aliphatic heterocycles. The van der Waals surface area contributed by atoms with Crippen molar-refractivity contribution in [2.24, 2.45) is 46.3 Å². The van der Waals surface area contributed by atoms with Crippen molar-refractivity contribution in [1.82, 2.24) is 0 Å². The summed E-state index contributed by atoms with van der Waals surface area (Å²) >= 11 is 0. The maximum Gasteiger partial charge on any atom is 0.303 e. The van der Waals surface area contributed by atoms with E-state index in [9.17, 15) is 35.4 Å². The average Bonchev–Trinajstić information content (AvgIpc) is 3.25. The summed E-state index contributed by atoms with van der Waals surface area (Å²) in [6.45, 7) is 6.50. The van der Waals surface area contributed by atoms with Crippen molar-refractivity contribution in [3.63, 3.8) is 0 Å². The van der Waals surface area contributed by atoms with Gasteiger partial charge in [-0.1, -0.05) is 20.8 Å². The van der Waals surface area contributed by atoms with E-state index in [1.165, 1.54) is 0 Å². The number of carbonyl (C=O) groups is 1. The van der Waals surface area contributed by atoms with Gasteiger partial charge < -0.3 is 40.1 Å². The molecule has 4 aliphatic carbocycles. The van der Waals surface area contributed by atoms with Crippen molar-refractivity contribution in [2.75, 3.05) is 6.61 Å². The molecule has 6 N–H and O–H groups in total. The second kappa shape index (κ2) is 11.1. The molecule has 0 radical (unpaired) electrons. The van der Waals surface area contributed by atoms with Crippen LogP contribution in [-0.4, -0.2) is 86.1 Å². The smallest absolute Gasteiger partial charge is 0.303 e. The summed E-state index contributed by atoms with van der Waals surface area (Å²) < 4.78 is 12.4. The van der Waals surface area contributed by atoms with E-state index in [0.717, 1.165) is 51.4 Å². The molecule has 9 nitrogen and oxygen atoms in total. The summed E-state index contributed by atoms with van der Waals surface area (Å²) in [5.74, 6) is 1.27. The summed E-state index contributed by atoms with van der Waals surface area (Å²) in [6.07, 6.45) is 1.28. The summed E-state index contributed by atoms with van der Waals surface area (Å²) in [7, 11) is 0. The summed E-state index contributed by atoms with van der Waals surface area (Å²) in [4.78, 5) is 11.3. The highest BCUT2D eigenvalue weighted by Crippen LogP contribution is 2.69. The fourth-order valence-corrected chi connectivity index (χ4v) is 10.2. The van der Waals surface area contributed by atoms with Crippen molar-refractivity contribution < 1.29 is 44.9 Å². The average molecular weight is 555 g/mol. The molecule has 224 valence electrons. The van der Waals surface area contributed by atoms with Crippen LogP contribution in [0.25, 0.3) is 0 Å². The van der Waals surface area contributed by atoms with Crippen molar-refractivity contribution in [1.29, 1.82) is 0 Å². The van der Waals surface area contributed by atoms with Crippen LogP contribution in [0.2, 0.25) is 0 Å². The lowest BCUT2D eigenvalue weighted by molar-refractivity contribution is -0.328. The highest BCUT2D eigenvalue weighted by atomic mass is 16.7. The number of aliphatic carboxylic acids is 1. The molecule has 0 bridgehead atoms. The number of hydrogen-bond acceptors (Lipinski definition) is 8. The second-order valence-electron chi connectivity index (χ2n) is 14.2. The van der Waals surface area contributed by atoms with Gasteiger partial charge >= 0.3 is 5.97 Å². The maximum atomic E-state index is 11.3. The Kier molecular flexibility index (Phi) is 8.46. The molecule has 0 aromatic rings. The molecule has 39 heavy (non-hydrogen) atoms. The van der Waals surface area contributed by atoms with Crippen LogP contribution in [-0.2, 0) is 14.3 Å². The van der Waals surface area contributed by atoms with Crippen LogP contribution in [0.4, 0.5) is 0 Å². The van der Waals surface area contributed by atoms with Gasteiger partial charge in [-0.05, 0) is 104 Å². The molecule has 0 aromatic carbocycles. The van der Waals surface area contributed by atoms with E-state index in [2.05, 4.69) is 20.8 Å². The summed E-state index contributed by atoms with van der Waals surface area (Å²) in [5, 5.41) is 61.1. The minimum Gasteiger partial charge on any atom is -0.481 e. The molecule has 9 heteroatoms. The molecule has 1 heterocycles. The largest absolute Gasteiger partial charge is 0.481 e. The van der Waals surface area contributed by atoms with Gasteiger partial charge in [0.15, 0.2) is 6.29 Å². The Morgan fingerprint density at radius 3 is 2.33 bits per heavy atom. The van der Waals surface area contributed by atoms with E-state index in [-0.39, 0.29) is 41.3 Å². The fourth-order valence-electron chi connectivity index (χ4n) is 10.2. The first-order chi connectivity index (χ1) is 18.4. The molecule has 1 saturated heterocycles. The van der Waals surface area contributed by atoms with E-state index in [0.29, 0.717) is 30.1 Å². The number of aliphatic hydroxyl groups is 5. The highest BCUT2D eigenvalue weighted by molar-refractivity contribution is 5.66. The van der Waals surface area contributed by atoms with Crippen LogP contribution >= 0.6 is 0 Å². The summed E-state index contributed by atoms with van der Waals surface area (Å²) in [6, 6.07) is 0. The Hall–Kier alpha value is -0.810. The molecule has 5 aliphatic rings. The topological polar surface area (TPSA) is 157 Å². The Morgan fingerprint density at radius 1 is 0.949 bits per heavy atom. The van der Waals surface area contributed by atoms with Crippen molar-refractivity contribution in [2.45, 2.75) is 128 Å². The number of carboxylic acids is 1. The zero-order valence-corrected chi connectivity index (χ0v) is 23.7. The Labute approximate surface area is 231 Å². The monoisotopic (exact) mass is 554 g/mol. The first-order valence-corrected chi connectivity index (χ1v) is 15.3. The minimum atomic E-state index is -1.48. The standard InChI is InChI=1S/C30H50O9/c1-15(4-7-23(33)34)18-5-6-19-24-20(9-11-30(18,19)3)29(2)10-8-17(32)12-16(29)13-21(24)38-28-27(37)26(36)25(35)22(14-31)39-28/h15-22,24-28,31-32,35-37H,4-14H2,1-3H3,(H,33,34)/t15-,16+,17-,18-,19+,20+,21+,22-,24+,25-,26+,27-,28-,29+,30-/m1/s1. The molecule has 5 rings (SSSR count). The molecule has 0 aromatic heterocycles. The fraction of sp³-hybridized carbons (Fsp3) is 0.967. The normalized spacial score (nSPS) is 52.4. The third-order valence-corrected chi connectivity index (χ3v) is 12.4. The minimum absolute atomic E-state index is 0.0630. The number of carboxylic acid groups (broad SMARTS) is 1. The predicted molar refractivity (Wildman–Crippen MR) is 141 cm³/mol. The SMILES string of the molecule is C[C@H](CCC(=O)O)[C@H]1CC[C@H]2[C@@H]3[C@@H](O[C@@H]4O[C@H](CO)[C@@H](O)[C@H](O)[C@H]4O)C[C@@H]4C[C@H](O)CC[C@]4(C)[C@H]3CC[C@]12C. The van der Waals surface area contributed by atoms with Gasteiger partial charge in [0.1, 0.15) is 24.4 Å². The van der Waals surface area contributed by atoms with Gasteiger partial charge in [0.25, 0.3) is 0 Å². The molecule has 15 atom stereocenters.